The quantitative estimate of drug-likeness (QED) is 0.327. The summed E-state index contributed by atoms with van der Waals surface area (Å²) < 4.78 is 5.48. The van der Waals surface area contributed by atoms with Crippen LogP contribution >= 0.6 is 0 Å². The lowest BCUT2D eigenvalue weighted by molar-refractivity contribution is 0.0531. The van der Waals surface area contributed by atoms with Crippen molar-refractivity contribution in [2.45, 2.75) is 78.2 Å². The van der Waals surface area contributed by atoms with E-state index >= 15 is 0 Å². The number of Topliss-reactive ketones (excluding diaryl/α,β-unsaturated/α-hetero) is 1. The molecule has 0 radical (unpaired) electrons. The van der Waals surface area contributed by atoms with Crippen molar-refractivity contribution in [3.05, 3.63) is 35.9 Å². The van der Waals surface area contributed by atoms with E-state index in [9.17, 15) is 9.59 Å². The lowest BCUT2D eigenvalue weighted by atomic mass is 10.1. The molecule has 0 spiro atoms. The zero-order valence-corrected chi connectivity index (χ0v) is 16.7. The van der Waals surface area contributed by atoms with Crippen LogP contribution in [-0.2, 0) is 4.74 Å². The van der Waals surface area contributed by atoms with Crippen LogP contribution in [0.3, 0.4) is 0 Å². The number of carbonyl (C=O) groups is 2. The Morgan fingerprint density at radius 3 is 1.92 bits per heavy atom. The fraction of sp³-hybridized carbons (Fsp3) is 0.636. The molecule has 0 aromatic heterocycles. The van der Waals surface area contributed by atoms with Crippen LogP contribution in [0.25, 0.3) is 0 Å². The molecule has 0 saturated heterocycles. The molecule has 0 aliphatic carbocycles. The number of unbranched alkanes of at least 4 members (excludes halogenated alkanes) is 6. The molecule has 0 fully saturated rings. The van der Waals surface area contributed by atoms with Crippen LogP contribution in [0.15, 0.2) is 30.3 Å². The number of benzene rings is 1. The number of nitrogens with zero attached hydrogens (tertiary/aromatic N) is 1. The van der Waals surface area contributed by atoms with Gasteiger partial charge in [-0.05, 0) is 19.8 Å². The van der Waals surface area contributed by atoms with Crippen molar-refractivity contribution < 1.29 is 14.3 Å². The van der Waals surface area contributed by atoms with Gasteiger partial charge in [-0.25, -0.2) is 4.79 Å². The van der Waals surface area contributed by atoms with E-state index in [0.29, 0.717) is 18.7 Å². The van der Waals surface area contributed by atoms with E-state index in [1.807, 2.05) is 18.2 Å². The molecule has 4 heteroatoms. The highest BCUT2D eigenvalue weighted by atomic mass is 16.6. The topological polar surface area (TPSA) is 46.6 Å². The van der Waals surface area contributed by atoms with E-state index < -0.39 is 6.10 Å². The molecule has 0 aliphatic heterocycles. The summed E-state index contributed by atoms with van der Waals surface area (Å²) in [6.45, 7) is 7.41. The SMILES string of the molecule is CCCCCCN(CCCCCC)C(=O)OC(C)C(=O)c1ccccc1. The first-order valence-electron chi connectivity index (χ1n) is 10.1. The van der Waals surface area contributed by atoms with Crippen LogP contribution in [0, 0.1) is 0 Å². The second-order valence-electron chi connectivity index (χ2n) is 6.86. The molecule has 146 valence electrons. The maximum atomic E-state index is 12.6. The Morgan fingerprint density at radius 1 is 0.885 bits per heavy atom. The number of carbonyl (C=O) groups excluding carboxylic acids is 2. The summed E-state index contributed by atoms with van der Waals surface area (Å²) >= 11 is 0. The molecule has 0 saturated carbocycles. The molecule has 0 heterocycles. The Balaban J connectivity index is 2.56. The van der Waals surface area contributed by atoms with Gasteiger partial charge in [0.05, 0.1) is 0 Å². The van der Waals surface area contributed by atoms with Gasteiger partial charge in [0.15, 0.2) is 6.10 Å². The second kappa shape index (κ2) is 13.4. The maximum absolute atomic E-state index is 12.6. The highest BCUT2D eigenvalue weighted by Crippen LogP contribution is 2.11. The maximum Gasteiger partial charge on any atom is 0.410 e. The normalized spacial score (nSPS) is 11.8. The fourth-order valence-corrected chi connectivity index (χ4v) is 2.87. The lowest BCUT2D eigenvalue weighted by Gasteiger charge is -2.24. The monoisotopic (exact) mass is 361 g/mol. The predicted octanol–water partition coefficient (Wildman–Crippen LogP) is 5.86. The zero-order chi connectivity index (χ0) is 19.2. The summed E-state index contributed by atoms with van der Waals surface area (Å²) in [7, 11) is 0. The van der Waals surface area contributed by atoms with Crippen molar-refractivity contribution in [2.24, 2.45) is 0 Å². The van der Waals surface area contributed by atoms with Crippen molar-refractivity contribution in [3.8, 4) is 0 Å². The summed E-state index contributed by atoms with van der Waals surface area (Å²) in [6.07, 6.45) is 7.78. The van der Waals surface area contributed by atoms with Gasteiger partial charge in [0, 0.05) is 18.7 Å². The smallest absolute Gasteiger partial charge is 0.410 e. The number of rotatable bonds is 13. The van der Waals surface area contributed by atoms with Crippen LogP contribution in [0.2, 0.25) is 0 Å². The van der Waals surface area contributed by atoms with Gasteiger partial charge in [0.25, 0.3) is 0 Å². The summed E-state index contributed by atoms with van der Waals surface area (Å²) in [5.74, 6) is -0.157. The van der Waals surface area contributed by atoms with E-state index in [4.69, 9.17) is 4.74 Å². The average molecular weight is 362 g/mol. The van der Waals surface area contributed by atoms with Crippen LogP contribution < -0.4 is 0 Å². The summed E-state index contributed by atoms with van der Waals surface area (Å²) in [5.41, 5.74) is 0.574. The fourth-order valence-electron chi connectivity index (χ4n) is 2.87. The number of ether oxygens (including phenoxy) is 1. The number of hydrogen-bond acceptors (Lipinski definition) is 3. The van der Waals surface area contributed by atoms with Crippen molar-refractivity contribution in [1.82, 2.24) is 4.90 Å². The summed E-state index contributed by atoms with van der Waals surface area (Å²) in [5, 5.41) is 0. The molecule has 0 bridgehead atoms. The Labute approximate surface area is 158 Å². The van der Waals surface area contributed by atoms with Gasteiger partial charge in [-0.15, -0.1) is 0 Å². The Bertz CT molecular complexity index is 503. The van der Waals surface area contributed by atoms with Crippen LogP contribution in [0.4, 0.5) is 4.79 Å². The molecule has 1 aromatic carbocycles. The molecule has 4 nitrogen and oxygen atoms in total. The number of ketones is 1. The minimum absolute atomic E-state index is 0.157. The Hall–Kier alpha value is -1.84. The third-order valence-electron chi connectivity index (χ3n) is 4.53. The van der Waals surface area contributed by atoms with Crippen molar-refractivity contribution in [1.29, 1.82) is 0 Å². The summed E-state index contributed by atoms with van der Waals surface area (Å²) in [4.78, 5) is 26.8. The third kappa shape index (κ3) is 8.50. The van der Waals surface area contributed by atoms with Gasteiger partial charge in [-0.3, -0.25) is 4.79 Å². The first-order valence-corrected chi connectivity index (χ1v) is 10.1. The van der Waals surface area contributed by atoms with Crippen LogP contribution in [0.5, 0.6) is 0 Å². The highest BCUT2D eigenvalue weighted by molar-refractivity contribution is 6.00. The number of amides is 1. The van der Waals surface area contributed by atoms with Gasteiger partial charge >= 0.3 is 6.09 Å². The molecular formula is C22H35NO3. The third-order valence-corrected chi connectivity index (χ3v) is 4.53. The van der Waals surface area contributed by atoms with Crippen molar-refractivity contribution >= 4 is 11.9 Å². The second-order valence-corrected chi connectivity index (χ2v) is 6.86. The molecule has 0 aliphatic rings. The van der Waals surface area contributed by atoms with E-state index in [2.05, 4.69) is 13.8 Å². The van der Waals surface area contributed by atoms with Crippen molar-refractivity contribution in [3.63, 3.8) is 0 Å². The minimum Gasteiger partial charge on any atom is -0.438 e. The van der Waals surface area contributed by atoms with E-state index in [0.717, 1.165) is 25.7 Å². The van der Waals surface area contributed by atoms with E-state index in [1.165, 1.54) is 25.7 Å². The molecule has 1 rings (SSSR count). The van der Waals surface area contributed by atoms with E-state index in [-0.39, 0.29) is 11.9 Å². The Kier molecular flexibility index (Phi) is 11.4. The largest absolute Gasteiger partial charge is 0.438 e. The molecule has 1 aromatic rings. The van der Waals surface area contributed by atoms with Crippen LogP contribution in [-0.4, -0.2) is 36.0 Å². The Morgan fingerprint density at radius 2 is 1.42 bits per heavy atom. The molecule has 1 unspecified atom stereocenters. The first kappa shape index (κ1) is 22.2. The summed E-state index contributed by atoms with van der Waals surface area (Å²) in [6, 6.07) is 8.99. The molecule has 1 atom stereocenters. The van der Waals surface area contributed by atoms with Gasteiger partial charge in [0.2, 0.25) is 5.78 Å². The van der Waals surface area contributed by atoms with E-state index in [1.54, 1.807) is 24.0 Å². The predicted molar refractivity (Wildman–Crippen MR) is 107 cm³/mol. The van der Waals surface area contributed by atoms with Gasteiger partial charge in [0.1, 0.15) is 0 Å². The van der Waals surface area contributed by atoms with Gasteiger partial charge < -0.3 is 9.64 Å². The van der Waals surface area contributed by atoms with Gasteiger partial charge in [-0.2, -0.15) is 0 Å². The first-order chi connectivity index (χ1) is 12.6. The molecular weight excluding hydrogens is 326 g/mol. The minimum atomic E-state index is -0.765. The van der Waals surface area contributed by atoms with Gasteiger partial charge in [-0.1, -0.05) is 82.7 Å². The van der Waals surface area contributed by atoms with Crippen molar-refractivity contribution in [2.75, 3.05) is 13.1 Å². The zero-order valence-electron chi connectivity index (χ0n) is 16.7. The van der Waals surface area contributed by atoms with Crippen LogP contribution in [0.1, 0.15) is 82.5 Å². The molecule has 1 amide bonds. The average Bonchev–Trinajstić information content (AvgIpc) is 2.66. The molecule has 0 N–H and O–H groups in total. The number of hydrogen-bond donors (Lipinski definition) is 0. The lowest BCUT2D eigenvalue weighted by Crippen LogP contribution is -2.37. The standard InChI is InChI=1S/C22H35NO3/c1-4-6-8-13-17-23(18-14-9-7-5-2)22(25)26-19(3)21(24)20-15-11-10-12-16-20/h10-12,15-16,19H,4-9,13-14,17-18H2,1-3H3. The molecule has 26 heavy (non-hydrogen) atoms. The highest BCUT2D eigenvalue weighted by Gasteiger charge is 2.22.